The van der Waals surface area contributed by atoms with Gasteiger partial charge in [0.25, 0.3) is 11.8 Å². The number of imide groups is 1. The molecule has 0 bridgehead atoms. The molecule has 4 heterocycles. The van der Waals surface area contributed by atoms with Crippen molar-refractivity contribution in [3.63, 3.8) is 0 Å². The number of β-amino-alcohol motifs (C(OH)–C–C–N with tert-alkyl or cyclic N) is 1. The number of benzene rings is 2. The van der Waals surface area contributed by atoms with Gasteiger partial charge in [-0.1, -0.05) is 24.6 Å². The van der Waals surface area contributed by atoms with Crippen LogP contribution in [0.4, 0.5) is 4.39 Å². The van der Waals surface area contributed by atoms with E-state index in [9.17, 15) is 19.1 Å². The molecule has 0 radical (unpaired) electrons. The molecular weight excluding hydrogens is 459 g/mol. The summed E-state index contributed by atoms with van der Waals surface area (Å²) in [7, 11) is 0. The molecule has 2 aromatic heterocycles. The molecule has 2 aliphatic rings. The highest BCUT2D eigenvalue weighted by atomic mass is 19.1. The number of aromatic nitrogens is 2. The first-order valence-electron chi connectivity index (χ1n) is 12.4. The lowest BCUT2D eigenvalue weighted by Crippen LogP contribution is -2.37. The van der Waals surface area contributed by atoms with Gasteiger partial charge in [0.15, 0.2) is 0 Å². The maximum atomic E-state index is 14.4. The Labute approximate surface area is 207 Å². The number of fused-ring (bicyclic) bond motifs is 2. The molecule has 1 fully saturated rings. The van der Waals surface area contributed by atoms with Crippen LogP contribution in [0.3, 0.4) is 0 Å². The highest BCUT2D eigenvalue weighted by Crippen LogP contribution is 2.38. The van der Waals surface area contributed by atoms with Gasteiger partial charge in [-0.25, -0.2) is 4.39 Å². The van der Waals surface area contributed by atoms with E-state index in [1.165, 1.54) is 18.6 Å². The molecule has 3 N–H and O–H groups in total. The summed E-state index contributed by atoms with van der Waals surface area (Å²) in [5.74, 6) is -1.44. The molecule has 2 aromatic carbocycles. The average molecular weight is 487 g/mol. The fraction of sp³-hybridized carbons (Fsp3) is 0.286. The first kappa shape index (κ1) is 22.7. The second kappa shape index (κ2) is 9.04. The van der Waals surface area contributed by atoms with Crippen molar-refractivity contribution in [2.45, 2.75) is 31.9 Å². The minimum Gasteiger partial charge on any atom is -0.390 e. The van der Waals surface area contributed by atoms with E-state index in [0.717, 1.165) is 36.8 Å². The third kappa shape index (κ3) is 3.92. The molecule has 0 spiro atoms. The highest BCUT2D eigenvalue weighted by molar-refractivity contribution is 6.50. The number of carbonyl (C=O) groups is 2. The number of nitrogens with one attached hydrogen (secondary N) is 2. The number of hydrogen-bond acceptors (Lipinski definition) is 4. The molecule has 1 saturated heterocycles. The van der Waals surface area contributed by atoms with E-state index < -0.39 is 23.7 Å². The molecule has 8 heteroatoms. The number of aliphatic hydroxyl groups is 1. The molecule has 0 aliphatic carbocycles. The number of carbonyl (C=O) groups excluding carboxylic acids is 2. The Bertz CT molecular complexity index is 1530. The van der Waals surface area contributed by atoms with Gasteiger partial charge >= 0.3 is 0 Å². The van der Waals surface area contributed by atoms with E-state index >= 15 is 0 Å². The van der Waals surface area contributed by atoms with Gasteiger partial charge in [-0.3, -0.25) is 14.9 Å². The number of para-hydroxylation sites is 1. The Morgan fingerprint density at radius 1 is 0.917 bits per heavy atom. The second-order valence-electron chi connectivity index (χ2n) is 9.65. The molecule has 1 atom stereocenters. The van der Waals surface area contributed by atoms with Crippen molar-refractivity contribution < 1.29 is 19.1 Å². The lowest BCUT2D eigenvalue weighted by atomic mass is 9.95. The predicted molar refractivity (Wildman–Crippen MR) is 136 cm³/mol. The second-order valence-corrected chi connectivity index (χ2v) is 9.65. The van der Waals surface area contributed by atoms with Crippen molar-refractivity contribution in [3.05, 3.63) is 71.8 Å². The number of amides is 2. The quantitative estimate of drug-likeness (QED) is 0.363. The van der Waals surface area contributed by atoms with Crippen LogP contribution in [0.1, 0.15) is 30.4 Å². The number of piperidine rings is 1. The number of aromatic amines is 1. The van der Waals surface area contributed by atoms with Gasteiger partial charge in [0.05, 0.1) is 17.3 Å². The van der Waals surface area contributed by atoms with Crippen LogP contribution in [-0.4, -0.2) is 57.1 Å². The molecule has 7 nitrogen and oxygen atoms in total. The number of aliphatic hydroxyl groups excluding tert-OH is 1. The summed E-state index contributed by atoms with van der Waals surface area (Å²) in [4.78, 5) is 31.5. The summed E-state index contributed by atoms with van der Waals surface area (Å²) in [6, 6.07) is 12.0. The molecule has 0 saturated carbocycles. The van der Waals surface area contributed by atoms with E-state index in [4.69, 9.17) is 0 Å². The van der Waals surface area contributed by atoms with Crippen molar-refractivity contribution in [1.29, 1.82) is 0 Å². The SMILES string of the molecule is O=C1NC(=O)C(c2cn(CC(O)CN3CCCCC3)c3ccc(F)cc23)=C1c1c[nH]c2ccccc12. The summed E-state index contributed by atoms with van der Waals surface area (Å²) in [6.07, 6.45) is 6.34. The Hall–Kier alpha value is -3.75. The number of nitrogens with zero attached hydrogens (tertiary/aromatic N) is 2. The number of hydrogen-bond donors (Lipinski definition) is 3. The molecule has 2 aliphatic heterocycles. The summed E-state index contributed by atoms with van der Waals surface area (Å²) < 4.78 is 16.2. The summed E-state index contributed by atoms with van der Waals surface area (Å²) in [5.41, 5.74) is 3.10. The van der Waals surface area contributed by atoms with Crippen LogP contribution in [0, 0.1) is 5.82 Å². The number of rotatable bonds is 6. The topological polar surface area (TPSA) is 90.4 Å². The Kier molecular flexibility index (Phi) is 5.70. The lowest BCUT2D eigenvalue weighted by molar-refractivity contribution is -0.122. The van der Waals surface area contributed by atoms with Gasteiger partial charge in [0.2, 0.25) is 0 Å². The zero-order valence-corrected chi connectivity index (χ0v) is 19.8. The maximum Gasteiger partial charge on any atom is 0.259 e. The van der Waals surface area contributed by atoms with Gasteiger partial charge < -0.3 is 19.6 Å². The van der Waals surface area contributed by atoms with Crippen molar-refractivity contribution in [2.75, 3.05) is 19.6 Å². The van der Waals surface area contributed by atoms with Gasteiger partial charge in [-0.05, 0) is 50.2 Å². The monoisotopic (exact) mass is 486 g/mol. The van der Waals surface area contributed by atoms with Crippen LogP contribution < -0.4 is 5.32 Å². The fourth-order valence-corrected chi connectivity index (χ4v) is 5.59. The summed E-state index contributed by atoms with van der Waals surface area (Å²) in [6.45, 7) is 2.80. The first-order valence-corrected chi connectivity index (χ1v) is 12.4. The Balaban J connectivity index is 1.46. The van der Waals surface area contributed by atoms with Crippen molar-refractivity contribution in [3.8, 4) is 0 Å². The Morgan fingerprint density at radius 2 is 1.67 bits per heavy atom. The van der Waals surface area contributed by atoms with E-state index in [1.54, 1.807) is 18.5 Å². The fourth-order valence-electron chi connectivity index (χ4n) is 5.59. The van der Waals surface area contributed by atoms with Crippen molar-refractivity contribution in [1.82, 2.24) is 19.8 Å². The van der Waals surface area contributed by atoms with E-state index in [0.29, 0.717) is 35.1 Å². The van der Waals surface area contributed by atoms with Crippen LogP contribution in [0.2, 0.25) is 0 Å². The zero-order chi connectivity index (χ0) is 24.8. The van der Waals surface area contributed by atoms with Gasteiger partial charge in [0, 0.05) is 58.4 Å². The zero-order valence-electron chi connectivity index (χ0n) is 19.8. The molecule has 36 heavy (non-hydrogen) atoms. The number of halogens is 1. The van der Waals surface area contributed by atoms with Crippen LogP contribution in [0.25, 0.3) is 33.0 Å². The predicted octanol–water partition coefficient (Wildman–Crippen LogP) is 3.68. The van der Waals surface area contributed by atoms with Gasteiger partial charge in [0.1, 0.15) is 5.82 Å². The third-order valence-corrected chi connectivity index (χ3v) is 7.23. The normalized spacial score (nSPS) is 17.9. The summed E-state index contributed by atoms with van der Waals surface area (Å²) in [5, 5.41) is 14.6. The lowest BCUT2D eigenvalue weighted by Gasteiger charge is -2.28. The molecular formula is C28H27FN4O3. The van der Waals surface area contributed by atoms with Crippen molar-refractivity contribution in [2.24, 2.45) is 0 Å². The van der Waals surface area contributed by atoms with E-state index in [1.807, 2.05) is 28.8 Å². The number of H-pyrrole nitrogens is 1. The maximum absolute atomic E-state index is 14.4. The molecule has 6 rings (SSSR count). The summed E-state index contributed by atoms with van der Waals surface area (Å²) >= 11 is 0. The standard InChI is InChI=1S/C28H27FN4O3/c29-17-8-9-24-20(12-17)22(16-33(24)15-18(34)14-32-10-4-1-5-11-32)26-25(27(35)31-28(26)36)21-13-30-23-7-3-2-6-19(21)23/h2-3,6-9,12-13,16,18,30,34H,1,4-5,10-11,14-15H2,(H,31,35,36). The highest BCUT2D eigenvalue weighted by Gasteiger charge is 2.35. The van der Waals surface area contributed by atoms with Crippen LogP contribution >= 0.6 is 0 Å². The first-order chi connectivity index (χ1) is 17.5. The largest absolute Gasteiger partial charge is 0.390 e. The molecule has 1 unspecified atom stereocenters. The minimum absolute atomic E-state index is 0.213. The number of likely N-dealkylation sites (tertiary alicyclic amines) is 1. The smallest absolute Gasteiger partial charge is 0.259 e. The molecule has 2 amide bonds. The van der Waals surface area contributed by atoms with Crippen LogP contribution in [-0.2, 0) is 16.1 Å². The van der Waals surface area contributed by atoms with E-state index in [-0.39, 0.29) is 11.1 Å². The van der Waals surface area contributed by atoms with Crippen molar-refractivity contribution >= 4 is 44.8 Å². The van der Waals surface area contributed by atoms with E-state index in [2.05, 4.69) is 15.2 Å². The van der Waals surface area contributed by atoms with Gasteiger partial charge in [-0.2, -0.15) is 0 Å². The van der Waals surface area contributed by atoms with Crippen LogP contribution in [0.15, 0.2) is 54.9 Å². The molecule has 184 valence electrons. The van der Waals surface area contributed by atoms with Gasteiger partial charge in [-0.15, -0.1) is 0 Å². The van der Waals surface area contributed by atoms with Crippen LogP contribution in [0.5, 0.6) is 0 Å². The minimum atomic E-state index is -0.627. The molecule has 4 aromatic rings. The Morgan fingerprint density at radius 3 is 2.47 bits per heavy atom. The average Bonchev–Trinajstić information content (AvgIpc) is 3.52. The third-order valence-electron chi connectivity index (χ3n) is 7.23.